The van der Waals surface area contributed by atoms with Crippen molar-refractivity contribution in [2.45, 2.75) is 26.2 Å². The predicted octanol–water partition coefficient (Wildman–Crippen LogP) is 0.750. The van der Waals surface area contributed by atoms with Crippen LogP contribution in [0.3, 0.4) is 0 Å². The van der Waals surface area contributed by atoms with Gasteiger partial charge in [-0.3, -0.25) is 0 Å². The van der Waals surface area contributed by atoms with Crippen LogP contribution in [-0.4, -0.2) is 63.2 Å². The molecule has 1 N–H and O–H groups in total. The minimum Gasteiger partial charge on any atom is -0.317 e. The zero-order valence-electron chi connectivity index (χ0n) is 11.5. The molecule has 0 bridgehead atoms. The van der Waals surface area contributed by atoms with E-state index in [0.29, 0.717) is 19.0 Å². The lowest BCUT2D eigenvalue weighted by atomic mass is 9.98. The van der Waals surface area contributed by atoms with Crippen molar-refractivity contribution < 1.29 is 17.2 Å². The Morgan fingerprint density at radius 1 is 1.37 bits per heavy atom. The lowest BCUT2D eigenvalue weighted by Crippen LogP contribution is -2.47. The molecule has 1 aliphatic heterocycles. The molecular formula is C11H23F2N3O2S. The van der Waals surface area contributed by atoms with Gasteiger partial charge in [0.15, 0.2) is 0 Å². The summed E-state index contributed by atoms with van der Waals surface area (Å²) in [5, 5.41) is 3.24. The van der Waals surface area contributed by atoms with E-state index in [1.54, 1.807) is 0 Å². The van der Waals surface area contributed by atoms with Crippen LogP contribution in [-0.2, 0) is 10.2 Å². The van der Waals surface area contributed by atoms with Crippen LogP contribution in [0.2, 0.25) is 0 Å². The first-order valence-electron chi connectivity index (χ1n) is 6.58. The molecule has 0 aliphatic carbocycles. The number of rotatable bonds is 7. The zero-order valence-corrected chi connectivity index (χ0v) is 12.3. The maximum absolute atomic E-state index is 12.3. The fourth-order valence-electron chi connectivity index (χ4n) is 2.18. The molecule has 0 amide bonds. The molecule has 114 valence electrons. The Morgan fingerprint density at radius 3 is 2.42 bits per heavy atom. The van der Waals surface area contributed by atoms with Gasteiger partial charge in [-0.15, -0.1) is 0 Å². The van der Waals surface area contributed by atoms with Crippen molar-refractivity contribution in [2.75, 3.05) is 39.8 Å². The number of nitrogens with zero attached hydrogens (tertiary/aromatic N) is 2. The SMILES string of the molecule is CCNCC1CCN(S(=O)(=O)N(C)CC(F)F)CC1. The summed E-state index contributed by atoms with van der Waals surface area (Å²) < 4.78 is 50.6. The molecule has 1 saturated heterocycles. The number of hydrogen-bond acceptors (Lipinski definition) is 3. The number of alkyl halides is 2. The van der Waals surface area contributed by atoms with E-state index in [4.69, 9.17) is 0 Å². The molecule has 0 spiro atoms. The molecule has 0 saturated carbocycles. The second-order valence-electron chi connectivity index (χ2n) is 4.83. The van der Waals surface area contributed by atoms with Crippen molar-refractivity contribution in [3.63, 3.8) is 0 Å². The van der Waals surface area contributed by atoms with Crippen molar-refractivity contribution in [1.29, 1.82) is 0 Å². The van der Waals surface area contributed by atoms with Crippen molar-refractivity contribution in [1.82, 2.24) is 13.9 Å². The van der Waals surface area contributed by atoms with Crippen LogP contribution in [0.4, 0.5) is 8.78 Å². The van der Waals surface area contributed by atoms with Gasteiger partial charge >= 0.3 is 0 Å². The number of halogens is 2. The van der Waals surface area contributed by atoms with E-state index in [1.807, 2.05) is 6.92 Å². The first-order chi connectivity index (χ1) is 8.87. The molecule has 1 heterocycles. The van der Waals surface area contributed by atoms with Gasteiger partial charge < -0.3 is 5.32 Å². The van der Waals surface area contributed by atoms with Gasteiger partial charge in [-0.25, -0.2) is 8.78 Å². The van der Waals surface area contributed by atoms with Crippen LogP contribution in [0, 0.1) is 5.92 Å². The number of piperidine rings is 1. The molecule has 1 rings (SSSR count). The van der Waals surface area contributed by atoms with Gasteiger partial charge in [-0.05, 0) is 31.8 Å². The third kappa shape index (κ3) is 4.94. The first kappa shape index (κ1) is 16.7. The Labute approximate surface area is 114 Å². The second kappa shape index (κ2) is 7.47. The molecule has 1 aliphatic rings. The highest BCUT2D eigenvalue weighted by Crippen LogP contribution is 2.20. The van der Waals surface area contributed by atoms with E-state index in [0.717, 1.165) is 30.2 Å². The van der Waals surface area contributed by atoms with Crippen molar-refractivity contribution in [2.24, 2.45) is 5.92 Å². The molecule has 0 radical (unpaired) electrons. The number of nitrogens with one attached hydrogen (secondary N) is 1. The average molecular weight is 299 g/mol. The normalized spacial score (nSPS) is 19.5. The minimum atomic E-state index is -3.73. The van der Waals surface area contributed by atoms with Crippen LogP contribution >= 0.6 is 0 Å². The summed E-state index contributed by atoms with van der Waals surface area (Å²) in [5.41, 5.74) is 0. The molecule has 1 fully saturated rings. The summed E-state index contributed by atoms with van der Waals surface area (Å²) in [5.74, 6) is 0.465. The average Bonchev–Trinajstić information content (AvgIpc) is 2.36. The summed E-state index contributed by atoms with van der Waals surface area (Å²) in [6.07, 6.45) is -1.10. The van der Waals surface area contributed by atoms with Crippen LogP contribution < -0.4 is 5.32 Å². The summed E-state index contributed by atoms with van der Waals surface area (Å²) >= 11 is 0. The standard InChI is InChI=1S/C11H23F2N3O2S/c1-3-14-8-10-4-6-16(7-5-10)19(17,18)15(2)9-11(12)13/h10-11,14H,3-9H2,1-2H3. The monoisotopic (exact) mass is 299 g/mol. The highest BCUT2D eigenvalue weighted by molar-refractivity contribution is 7.86. The molecule has 0 aromatic heterocycles. The molecule has 8 heteroatoms. The Kier molecular flexibility index (Phi) is 6.58. The molecular weight excluding hydrogens is 276 g/mol. The third-order valence-electron chi connectivity index (χ3n) is 3.37. The van der Waals surface area contributed by atoms with E-state index in [-0.39, 0.29) is 0 Å². The summed E-state index contributed by atoms with van der Waals surface area (Å²) in [6, 6.07) is 0. The Morgan fingerprint density at radius 2 is 1.95 bits per heavy atom. The summed E-state index contributed by atoms with van der Waals surface area (Å²) in [7, 11) is -2.53. The van der Waals surface area contributed by atoms with Crippen LogP contribution in [0.15, 0.2) is 0 Å². The molecule has 0 aromatic carbocycles. The van der Waals surface area contributed by atoms with Crippen molar-refractivity contribution in [3.05, 3.63) is 0 Å². The van der Waals surface area contributed by atoms with Gasteiger partial charge in [0.1, 0.15) is 0 Å². The molecule has 19 heavy (non-hydrogen) atoms. The fourth-order valence-corrected chi connectivity index (χ4v) is 3.55. The topological polar surface area (TPSA) is 52.7 Å². The summed E-state index contributed by atoms with van der Waals surface area (Å²) in [6.45, 7) is 3.88. The van der Waals surface area contributed by atoms with Crippen LogP contribution in [0.25, 0.3) is 0 Å². The molecule has 0 unspecified atom stereocenters. The maximum Gasteiger partial charge on any atom is 0.281 e. The van der Waals surface area contributed by atoms with E-state index in [1.165, 1.54) is 11.4 Å². The minimum absolute atomic E-state index is 0.409. The molecule has 0 aromatic rings. The van der Waals surface area contributed by atoms with Gasteiger partial charge in [0, 0.05) is 20.1 Å². The van der Waals surface area contributed by atoms with Gasteiger partial charge in [-0.1, -0.05) is 6.92 Å². The lowest BCUT2D eigenvalue weighted by molar-refractivity contribution is 0.123. The molecule has 0 atom stereocenters. The molecule has 5 nitrogen and oxygen atoms in total. The van der Waals surface area contributed by atoms with E-state index in [9.17, 15) is 17.2 Å². The maximum atomic E-state index is 12.3. The van der Waals surface area contributed by atoms with Gasteiger partial charge in [0.25, 0.3) is 16.6 Å². The second-order valence-corrected chi connectivity index (χ2v) is 6.86. The quantitative estimate of drug-likeness (QED) is 0.755. The van der Waals surface area contributed by atoms with Crippen molar-refractivity contribution >= 4 is 10.2 Å². The highest BCUT2D eigenvalue weighted by atomic mass is 32.2. The Bertz CT molecular complexity index is 357. The summed E-state index contributed by atoms with van der Waals surface area (Å²) in [4.78, 5) is 0. The highest BCUT2D eigenvalue weighted by Gasteiger charge is 2.31. The largest absolute Gasteiger partial charge is 0.317 e. The van der Waals surface area contributed by atoms with E-state index in [2.05, 4.69) is 5.32 Å². The van der Waals surface area contributed by atoms with Gasteiger partial charge in [-0.2, -0.15) is 17.0 Å². The van der Waals surface area contributed by atoms with Gasteiger partial charge in [0.05, 0.1) is 6.54 Å². The Hall–Kier alpha value is -0.310. The smallest absolute Gasteiger partial charge is 0.281 e. The van der Waals surface area contributed by atoms with E-state index < -0.39 is 23.2 Å². The predicted molar refractivity (Wildman–Crippen MR) is 70.4 cm³/mol. The van der Waals surface area contributed by atoms with Crippen molar-refractivity contribution in [3.8, 4) is 0 Å². The Balaban J connectivity index is 2.49. The number of hydrogen-bond donors (Lipinski definition) is 1. The van der Waals surface area contributed by atoms with Crippen LogP contribution in [0.5, 0.6) is 0 Å². The third-order valence-corrected chi connectivity index (χ3v) is 5.33. The fraction of sp³-hybridized carbons (Fsp3) is 1.00. The van der Waals surface area contributed by atoms with Crippen LogP contribution in [0.1, 0.15) is 19.8 Å². The van der Waals surface area contributed by atoms with E-state index >= 15 is 0 Å². The first-order valence-corrected chi connectivity index (χ1v) is 7.97. The zero-order chi connectivity index (χ0) is 14.5. The van der Waals surface area contributed by atoms with Gasteiger partial charge in [0.2, 0.25) is 0 Å². The lowest BCUT2D eigenvalue weighted by Gasteiger charge is -2.33.